The van der Waals surface area contributed by atoms with E-state index in [9.17, 15) is 9.59 Å². The third kappa shape index (κ3) is 4.87. The molecule has 0 fully saturated rings. The number of benzene rings is 1. The fraction of sp³-hybridized carbons (Fsp3) is 0.385. The Bertz CT molecular complexity index is 1360. The van der Waals surface area contributed by atoms with E-state index in [0.29, 0.717) is 40.5 Å². The monoisotopic (exact) mass is 665 g/mol. The lowest BCUT2D eigenvalue weighted by atomic mass is 9.93. The molecule has 0 aliphatic carbocycles. The van der Waals surface area contributed by atoms with Crippen molar-refractivity contribution in [2.75, 3.05) is 6.54 Å². The molecule has 4 aromatic rings. The van der Waals surface area contributed by atoms with E-state index in [2.05, 4.69) is 61.4 Å². The van der Waals surface area contributed by atoms with Crippen molar-refractivity contribution in [3.05, 3.63) is 43.0 Å². The molecule has 5 nitrogen and oxygen atoms in total. The maximum Gasteiger partial charge on any atom is 0.262 e. The lowest BCUT2D eigenvalue weighted by Gasteiger charge is -2.18. The van der Waals surface area contributed by atoms with Crippen LogP contribution in [-0.2, 0) is 0 Å². The van der Waals surface area contributed by atoms with Crippen molar-refractivity contribution in [3.8, 4) is 20.9 Å². The Morgan fingerprint density at radius 2 is 1.31 bits per heavy atom. The van der Waals surface area contributed by atoms with Crippen molar-refractivity contribution >= 4 is 89.1 Å². The molecule has 0 saturated heterocycles. The number of thiophene rings is 2. The molecule has 0 bridgehead atoms. The smallest absolute Gasteiger partial charge is 0.262 e. The molecule has 2 amide bonds. The normalized spacial score (nSPS) is 14.4. The highest BCUT2D eigenvalue weighted by molar-refractivity contribution is 9.11. The van der Waals surface area contributed by atoms with E-state index in [1.54, 1.807) is 0 Å². The van der Waals surface area contributed by atoms with Gasteiger partial charge >= 0.3 is 0 Å². The Hall–Kier alpha value is -1.46. The second-order valence-electron chi connectivity index (χ2n) is 9.65. The number of carbonyl (C=O) groups excluding carboxylic acids is 2. The summed E-state index contributed by atoms with van der Waals surface area (Å²) < 4.78 is 11.1. The van der Waals surface area contributed by atoms with Crippen LogP contribution in [0.25, 0.3) is 31.9 Å². The molecule has 0 spiro atoms. The van der Waals surface area contributed by atoms with E-state index in [-0.39, 0.29) is 11.8 Å². The van der Waals surface area contributed by atoms with Gasteiger partial charge in [0, 0.05) is 27.4 Å². The topological polar surface area (TPSA) is 63.2 Å². The van der Waals surface area contributed by atoms with Crippen molar-refractivity contribution < 1.29 is 9.59 Å². The molecule has 1 unspecified atom stereocenters. The maximum absolute atomic E-state index is 13.9. The van der Waals surface area contributed by atoms with E-state index >= 15 is 0 Å². The molecular formula is C26H25Br2N3O2S3. The predicted molar refractivity (Wildman–Crippen MR) is 157 cm³/mol. The van der Waals surface area contributed by atoms with Crippen LogP contribution in [0.5, 0.6) is 0 Å². The van der Waals surface area contributed by atoms with Crippen molar-refractivity contribution in [3.63, 3.8) is 0 Å². The Morgan fingerprint density at radius 3 is 1.75 bits per heavy atom. The molecule has 1 aliphatic rings. The molecule has 0 N–H and O–H groups in total. The average Bonchev–Trinajstić information content (AvgIpc) is 3.61. The minimum atomic E-state index is -0.226. The predicted octanol–water partition coefficient (Wildman–Crippen LogP) is 9.12. The van der Waals surface area contributed by atoms with Gasteiger partial charge in [-0.05, 0) is 74.4 Å². The number of carbonyl (C=O) groups is 2. The van der Waals surface area contributed by atoms with Gasteiger partial charge in [-0.3, -0.25) is 14.5 Å². The van der Waals surface area contributed by atoms with Gasteiger partial charge in [-0.2, -0.15) is 8.75 Å². The van der Waals surface area contributed by atoms with Crippen LogP contribution < -0.4 is 0 Å². The molecule has 1 aliphatic heterocycles. The van der Waals surface area contributed by atoms with E-state index < -0.39 is 0 Å². The van der Waals surface area contributed by atoms with Crippen LogP contribution in [0.15, 0.2) is 31.8 Å². The van der Waals surface area contributed by atoms with Crippen molar-refractivity contribution in [1.29, 1.82) is 0 Å². The highest BCUT2D eigenvalue weighted by Crippen LogP contribution is 2.48. The highest BCUT2D eigenvalue weighted by Gasteiger charge is 2.42. The van der Waals surface area contributed by atoms with Gasteiger partial charge in [0.2, 0.25) is 0 Å². The first-order chi connectivity index (χ1) is 17.3. The van der Waals surface area contributed by atoms with Gasteiger partial charge in [-0.1, -0.05) is 40.0 Å². The number of hydrogen-bond acceptors (Lipinski definition) is 7. The molecule has 1 atom stereocenters. The summed E-state index contributed by atoms with van der Waals surface area (Å²) in [6.45, 7) is 7.12. The zero-order valence-electron chi connectivity index (χ0n) is 20.1. The molecular weight excluding hydrogens is 642 g/mol. The number of halogens is 2. The van der Waals surface area contributed by atoms with Crippen LogP contribution in [0.4, 0.5) is 0 Å². The number of aromatic nitrogens is 2. The highest BCUT2D eigenvalue weighted by atomic mass is 79.9. The summed E-state index contributed by atoms with van der Waals surface area (Å²) in [6, 6.07) is 7.86. The van der Waals surface area contributed by atoms with E-state index in [1.165, 1.54) is 40.4 Å². The quantitative estimate of drug-likeness (QED) is 0.167. The van der Waals surface area contributed by atoms with Gasteiger partial charge in [-0.15, -0.1) is 22.7 Å². The van der Waals surface area contributed by atoms with Gasteiger partial charge in [0.25, 0.3) is 11.8 Å². The molecule has 188 valence electrons. The number of amides is 2. The largest absolute Gasteiger partial charge is 0.274 e. The molecule has 5 rings (SSSR count). The van der Waals surface area contributed by atoms with Crippen molar-refractivity contribution in [2.45, 2.75) is 46.5 Å². The number of fused-ring (bicyclic) bond motifs is 2. The van der Waals surface area contributed by atoms with Crippen molar-refractivity contribution in [2.24, 2.45) is 11.8 Å². The second kappa shape index (κ2) is 10.7. The van der Waals surface area contributed by atoms with E-state index in [1.807, 2.05) is 24.3 Å². The minimum absolute atomic E-state index is 0.226. The lowest BCUT2D eigenvalue weighted by Crippen LogP contribution is -2.31. The summed E-state index contributed by atoms with van der Waals surface area (Å²) in [4.78, 5) is 31.1. The second-order valence-corrected chi connectivity index (χ2v) is 15.1. The zero-order chi connectivity index (χ0) is 25.6. The van der Waals surface area contributed by atoms with Crippen LogP contribution in [0.3, 0.4) is 0 Å². The third-order valence-electron chi connectivity index (χ3n) is 6.59. The summed E-state index contributed by atoms with van der Waals surface area (Å²) in [5.74, 6) is 0.682. The number of nitrogens with zero attached hydrogens (tertiary/aromatic N) is 3. The Morgan fingerprint density at radius 1 is 0.778 bits per heavy atom. The fourth-order valence-corrected chi connectivity index (χ4v) is 8.18. The first kappa shape index (κ1) is 26.2. The summed E-state index contributed by atoms with van der Waals surface area (Å²) in [7, 11) is 0. The molecule has 3 aromatic heterocycles. The Balaban J connectivity index is 1.59. The van der Waals surface area contributed by atoms with Gasteiger partial charge in [0.1, 0.15) is 11.0 Å². The number of imide groups is 1. The third-order valence-corrected chi connectivity index (χ3v) is 10.4. The van der Waals surface area contributed by atoms with Crippen LogP contribution in [0.1, 0.15) is 67.2 Å². The van der Waals surface area contributed by atoms with E-state index in [0.717, 1.165) is 53.0 Å². The maximum atomic E-state index is 13.9. The first-order valence-electron chi connectivity index (χ1n) is 12.0. The molecule has 10 heteroatoms. The minimum Gasteiger partial charge on any atom is -0.274 e. The summed E-state index contributed by atoms with van der Waals surface area (Å²) in [6.07, 6.45) is 4.28. The van der Waals surface area contributed by atoms with Gasteiger partial charge < -0.3 is 0 Å². The molecule has 0 radical (unpaired) electrons. The first-order valence-corrected chi connectivity index (χ1v) is 15.9. The fourth-order valence-electron chi connectivity index (χ4n) is 4.74. The van der Waals surface area contributed by atoms with Crippen LogP contribution >= 0.6 is 66.3 Å². The molecule has 1 aromatic carbocycles. The number of hydrogen-bond donors (Lipinski definition) is 0. The molecule has 4 heterocycles. The Labute approximate surface area is 239 Å². The standard InChI is InChI=1S/C26H25Br2N3O2S3/c1-13(2)5-4-6-14(3)11-12-31-25(32)21-19(15-7-9-17(27)34-15)23-24(30-36-29-23)20(22(21)26(31)33)16-8-10-18(28)35-16/h7-10,13-14H,4-6,11-12H2,1-3H3. The van der Waals surface area contributed by atoms with Crippen LogP contribution in [0.2, 0.25) is 0 Å². The number of rotatable bonds is 9. The SMILES string of the molecule is CC(C)CCCC(C)CCN1C(=O)c2c(c(-c3ccc(Br)s3)c3nsnc3c2-c2ccc(Br)s2)C1=O. The van der Waals surface area contributed by atoms with Gasteiger partial charge in [0.05, 0.1) is 30.4 Å². The van der Waals surface area contributed by atoms with Crippen LogP contribution in [0, 0.1) is 11.8 Å². The van der Waals surface area contributed by atoms with Gasteiger partial charge in [-0.25, -0.2) is 0 Å². The average molecular weight is 668 g/mol. The zero-order valence-corrected chi connectivity index (χ0v) is 25.8. The van der Waals surface area contributed by atoms with Crippen LogP contribution in [-0.4, -0.2) is 32.0 Å². The van der Waals surface area contributed by atoms with Crippen molar-refractivity contribution in [1.82, 2.24) is 13.6 Å². The van der Waals surface area contributed by atoms with E-state index in [4.69, 9.17) is 0 Å². The summed E-state index contributed by atoms with van der Waals surface area (Å²) in [5.41, 5.74) is 3.71. The Kier molecular flexibility index (Phi) is 7.79. The molecule has 36 heavy (non-hydrogen) atoms. The summed E-state index contributed by atoms with van der Waals surface area (Å²) >= 11 is 11.3. The lowest BCUT2D eigenvalue weighted by molar-refractivity contribution is 0.0646. The van der Waals surface area contributed by atoms with Gasteiger partial charge in [0.15, 0.2) is 0 Å². The summed E-state index contributed by atoms with van der Waals surface area (Å²) in [5, 5.41) is 0. The molecule has 0 saturated carbocycles.